The van der Waals surface area contributed by atoms with Crippen LogP contribution in [0.5, 0.6) is 11.8 Å². The number of aromatic nitrogens is 2. The lowest BCUT2D eigenvalue weighted by Gasteiger charge is -2.48. The molecule has 1 aromatic heterocycles. The van der Waals surface area contributed by atoms with Gasteiger partial charge in [-0.3, -0.25) is 4.79 Å². The summed E-state index contributed by atoms with van der Waals surface area (Å²) >= 11 is 2.26. The van der Waals surface area contributed by atoms with Gasteiger partial charge in [-0.15, -0.1) is 0 Å². The number of benzene rings is 2. The van der Waals surface area contributed by atoms with Gasteiger partial charge in [-0.05, 0) is 86.0 Å². The summed E-state index contributed by atoms with van der Waals surface area (Å²) < 4.78 is 12.9. The van der Waals surface area contributed by atoms with Crippen LogP contribution in [-0.4, -0.2) is 84.3 Å². The molecule has 7 rings (SSSR count). The summed E-state index contributed by atoms with van der Waals surface area (Å²) in [7, 11) is 4.20. The Morgan fingerprint density at radius 2 is 2.00 bits per heavy atom. The minimum absolute atomic E-state index is 0.0868. The van der Waals surface area contributed by atoms with Gasteiger partial charge in [0.1, 0.15) is 11.6 Å². The number of piperidine rings is 1. The Balaban J connectivity index is 1.21. The number of fused-ring (bicyclic) bond motifs is 2. The van der Waals surface area contributed by atoms with Gasteiger partial charge < -0.3 is 29.3 Å². The predicted octanol–water partition coefficient (Wildman–Crippen LogP) is 4.43. The number of nitrogens with zero attached hydrogens (tertiary/aromatic N) is 5. The van der Waals surface area contributed by atoms with E-state index in [1.165, 1.54) is 6.42 Å². The normalized spacial score (nSPS) is 20.4. The van der Waals surface area contributed by atoms with Gasteiger partial charge in [0.15, 0.2) is 0 Å². The highest BCUT2D eigenvalue weighted by atomic mass is 127. The van der Waals surface area contributed by atoms with Crippen molar-refractivity contribution in [3.63, 3.8) is 0 Å². The van der Waals surface area contributed by atoms with E-state index in [0.717, 1.165) is 83.5 Å². The van der Waals surface area contributed by atoms with Crippen LogP contribution in [0.1, 0.15) is 47.3 Å². The second-order valence-corrected chi connectivity index (χ2v) is 14.0. The summed E-state index contributed by atoms with van der Waals surface area (Å²) in [4.78, 5) is 30.3. The smallest absolute Gasteiger partial charge is 0.318 e. The molecule has 10 heteroatoms. The van der Waals surface area contributed by atoms with E-state index in [4.69, 9.17) is 19.4 Å². The third kappa shape index (κ3) is 5.12. The molecule has 0 unspecified atom stereocenters. The van der Waals surface area contributed by atoms with Crippen molar-refractivity contribution in [1.82, 2.24) is 19.8 Å². The Kier molecular flexibility index (Phi) is 6.78. The molecule has 1 spiro atoms. The molecule has 4 heterocycles. The molecule has 216 valence electrons. The van der Waals surface area contributed by atoms with Crippen molar-refractivity contribution >= 4 is 45.1 Å². The Labute approximate surface area is 254 Å². The second-order valence-electron chi connectivity index (χ2n) is 12.8. The maximum atomic E-state index is 14.0. The number of carbonyl (C=O) groups is 1. The molecule has 0 atom stereocenters. The standard InChI is InChI=1S/C31H36IN5O4/c1-35(2)15-30(8-9-30)19-41-29-33-25-14-37(28(39)22-12-21(38)11-20-5-3-6-24(32)26(20)22)13-23(25)27(34-29)36-10-4-7-31(16-36)17-40-18-31/h3,5-6,11-12,38H,4,7-10,13-19H2,1-2H3. The maximum absolute atomic E-state index is 14.0. The van der Waals surface area contributed by atoms with Gasteiger partial charge in [0.25, 0.3) is 5.91 Å². The van der Waals surface area contributed by atoms with Gasteiger partial charge in [-0.25, -0.2) is 0 Å². The number of phenolic OH excluding ortho intramolecular Hbond substituents is 1. The molecule has 0 bridgehead atoms. The topological polar surface area (TPSA) is 91.3 Å². The molecule has 3 aliphatic heterocycles. The molecule has 1 N–H and O–H groups in total. The zero-order valence-corrected chi connectivity index (χ0v) is 25.8. The summed E-state index contributed by atoms with van der Waals surface area (Å²) in [6.45, 7) is 5.78. The van der Waals surface area contributed by atoms with E-state index in [-0.39, 0.29) is 22.5 Å². The predicted molar refractivity (Wildman–Crippen MR) is 164 cm³/mol. The molecule has 1 aliphatic carbocycles. The van der Waals surface area contributed by atoms with E-state index in [1.807, 2.05) is 23.1 Å². The molecule has 2 saturated heterocycles. The summed E-state index contributed by atoms with van der Waals surface area (Å²) in [6.07, 6.45) is 4.55. The number of halogens is 1. The molecule has 1 amide bonds. The lowest BCUT2D eigenvalue weighted by atomic mass is 9.78. The van der Waals surface area contributed by atoms with Gasteiger partial charge in [0.2, 0.25) is 0 Å². The number of carbonyl (C=O) groups excluding carboxylic acids is 1. The van der Waals surface area contributed by atoms with Crippen molar-refractivity contribution in [2.75, 3.05) is 58.5 Å². The minimum atomic E-state index is -0.119. The number of ether oxygens (including phenoxy) is 2. The summed E-state index contributed by atoms with van der Waals surface area (Å²) in [6, 6.07) is 9.55. The Morgan fingerprint density at radius 3 is 2.73 bits per heavy atom. The SMILES string of the molecule is CN(C)CC1(COc2nc3c(c(N4CCCC5(COC5)C4)n2)CN(C(=O)c2cc(O)cc4cccc(I)c24)C3)CC1. The van der Waals surface area contributed by atoms with Crippen LogP contribution in [0.3, 0.4) is 0 Å². The van der Waals surface area contributed by atoms with Crippen LogP contribution in [0.4, 0.5) is 5.82 Å². The fraction of sp³-hybridized carbons (Fsp3) is 0.516. The molecule has 3 fully saturated rings. The molecule has 9 nitrogen and oxygen atoms in total. The van der Waals surface area contributed by atoms with Crippen LogP contribution in [-0.2, 0) is 17.8 Å². The first kappa shape index (κ1) is 27.2. The van der Waals surface area contributed by atoms with Crippen molar-refractivity contribution < 1.29 is 19.4 Å². The monoisotopic (exact) mass is 669 g/mol. The largest absolute Gasteiger partial charge is 0.508 e. The first-order chi connectivity index (χ1) is 19.7. The summed E-state index contributed by atoms with van der Waals surface area (Å²) in [5.74, 6) is 0.856. The first-order valence-corrected chi connectivity index (χ1v) is 15.5. The second kappa shape index (κ2) is 10.2. The van der Waals surface area contributed by atoms with E-state index >= 15 is 0 Å². The number of hydrogen-bond donors (Lipinski definition) is 1. The van der Waals surface area contributed by atoms with Crippen LogP contribution >= 0.6 is 22.6 Å². The maximum Gasteiger partial charge on any atom is 0.318 e. The minimum Gasteiger partial charge on any atom is -0.508 e. The number of anilines is 1. The van der Waals surface area contributed by atoms with Crippen LogP contribution in [0.15, 0.2) is 30.3 Å². The van der Waals surface area contributed by atoms with Crippen molar-refractivity contribution in [3.05, 3.63) is 50.7 Å². The highest BCUT2D eigenvalue weighted by Gasteiger charge is 2.45. The van der Waals surface area contributed by atoms with Crippen LogP contribution in [0, 0.1) is 14.4 Å². The lowest BCUT2D eigenvalue weighted by Crippen LogP contribution is -2.54. The molecule has 0 radical (unpaired) electrons. The van der Waals surface area contributed by atoms with Crippen molar-refractivity contribution in [2.45, 2.75) is 38.8 Å². The number of phenols is 1. The molecule has 2 aromatic carbocycles. The van der Waals surface area contributed by atoms with Crippen LogP contribution in [0.25, 0.3) is 10.8 Å². The average molecular weight is 670 g/mol. The number of hydrogen-bond acceptors (Lipinski definition) is 8. The molecule has 4 aliphatic rings. The third-order valence-electron chi connectivity index (χ3n) is 9.06. The number of rotatable bonds is 7. The van der Waals surface area contributed by atoms with Gasteiger partial charge >= 0.3 is 6.01 Å². The van der Waals surface area contributed by atoms with Gasteiger partial charge in [0, 0.05) is 45.0 Å². The highest BCUT2D eigenvalue weighted by molar-refractivity contribution is 14.1. The Morgan fingerprint density at radius 1 is 1.17 bits per heavy atom. The summed E-state index contributed by atoms with van der Waals surface area (Å²) in [5, 5.41) is 12.2. The lowest BCUT2D eigenvalue weighted by molar-refractivity contribution is -0.117. The van der Waals surface area contributed by atoms with Crippen molar-refractivity contribution in [2.24, 2.45) is 10.8 Å². The van der Waals surface area contributed by atoms with Gasteiger partial charge in [0.05, 0.1) is 44.2 Å². The highest BCUT2D eigenvalue weighted by Crippen LogP contribution is 2.46. The van der Waals surface area contributed by atoms with E-state index in [9.17, 15) is 9.90 Å². The van der Waals surface area contributed by atoms with E-state index in [1.54, 1.807) is 12.1 Å². The Hall–Kier alpha value is -2.70. The quantitative estimate of drug-likeness (QED) is 0.370. The van der Waals surface area contributed by atoms with E-state index < -0.39 is 0 Å². The molecular weight excluding hydrogens is 633 g/mol. The fourth-order valence-electron chi connectivity index (χ4n) is 6.82. The number of aromatic hydroxyl groups is 1. The van der Waals surface area contributed by atoms with Crippen molar-refractivity contribution in [1.29, 1.82) is 0 Å². The molecule has 1 saturated carbocycles. The number of amides is 1. The van der Waals surface area contributed by atoms with Crippen molar-refractivity contribution in [3.8, 4) is 11.8 Å². The molecule has 3 aromatic rings. The third-order valence-corrected chi connectivity index (χ3v) is 9.96. The van der Waals surface area contributed by atoms with E-state index in [0.29, 0.717) is 31.3 Å². The summed E-state index contributed by atoms with van der Waals surface area (Å²) in [5.41, 5.74) is 2.70. The zero-order chi connectivity index (χ0) is 28.4. The Bertz CT molecular complexity index is 1520. The van der Waals surface area contributed by atoms with Crippen LogP contribution in [0.2, 0.25) is 0 Å². The fourth-order valence-corrected chi connectivity index (χ4v) is 7.63. The molecule has 41 heavy (non-hydrogen) atoms. The van der Waals surface area contributed by atoms with Gasteiger partial charge in [-0.2, -0.15) is 9.97 Å². The van der Waals surface area contributed by atoms with Gasteiger partial charge in [-0.1, -0.05) is 12.1 Å². The zero-order valence-electron chi connectivity index (χ0n) is 23.7. The molecular formula is C31H36IN5O4. The first-order valence-electron chi connectivity index (χ1n) is 14.4. The average Bonchev–Trinajstić information content (AvgIpc) is 3.55. The van der Waals surface area contributed by atoms with Crippen LogP contribution < -0.4 is 9.64 Å². The van der Waals surface area contributed by atoms with E-state index in [2.05, 4.69) is 46.5 Å².